The van der Waals surface area contributed by atoms with Crippen LogP contribution in [0.15, 0.2) is 16.7 Å². The minimum absolute atomic E-state index is 0.0196. The first kappa shape index (κ1) is 13.5. The second kappa shape index (κ2) is 5.38. The van der Waals surface area contributed by atoms with Gasteiger partial charge < -0.3 is 9.26 Å². The van der Waals surface area contributed by atoms with Crippen molar-refractivity contribution in [1.29, 1.82) is 5.26 Å². The third kappa shape index (κ3) is 3.77. The van der Waals surface area contributed by atoms with Crippen LogP contribution in [0.2, 0.25) is 0 Å². The van der Waals surface area contributed by atoms with Gasteiger partial charge in [-0.15, -0.1) is 11.3 Å². The van der Waals surface area contributed by atoms with Gasteiger partial charge >= 0.3 is 6.18 Å². The largest absolute Gasteiger partial charge is 0.411 e. The Morgan fingerprint density at radius 3 is 2.84 bits per heavy atom. The van der Waals surface area contributed by atoms with E-state index in [1.807, 2.05) is 6.07 Å². The number of thiophene rings is 1. The summed E-state index contributed by atoms with van der Waals surface area (Å²) in [6, 6.07) is 5.16. The van der Waals surface area contributed by atoms with E-state index in [4.69, 9.17) is 9.78 Å². The molecule has 2 rings (SSSR count). The third-order valence-electron chi connectivity index (χ3n) is 1.89. The van der Waals surface area contributed by atoms with Gasteiger partial charge in [0, 0.05) is 0 Å². The highest BCUT2D eigenvalue weighted by molar-refractivity contribution is 7.15. The molecule has 0 bridgehead atoms. The molecule has 0 aromatic carbocycles. The molecule has 0 spiro atoms. The molecule has 0 fully saturated rings. The molecule has 0 N–H and O–H groups in total. The fraction of sp³-hybridized carbons (Fsp3) is 0.300. The molecular formula is C10H6F3N3O2S. The third-order valence-corrected chi connectivity index (χ3v) is 2.87. The zero-order chi connectivity index (χ0) is 13.9. The summed E-state index contributed by atoms with van der Waals surface area (Å²) >= 11 is 1.15. The predicted octanol–water partition coefficient (Wildman–Crippen LogP) is 2.75. The maximum atomic E-state index is 11.9. The molecule has 0 aliphatic rings. The minimum Gasteiger partial charge on any atom is -0.364 e. The Morgan fingerprint density at radius 1 is 1.42 bits per heavy atom. The molecular weight excluding hydrogens is 283 g/mol. The maximum Gasteiger partial charge on any atom is 0.411 e. The van der Waals surface area contributed by atoms with Crippen LogP contribution in [0.4, 0.5) is 13.2 Å². The summed E-state index contributed by atoms with van der Waals surface area (Å²) in [5.41, 5.74) is 0. The maximum absolute atomic E-state index is 11.9. The van der Waals surface area contributed by atoms with E-state index in [1.54, 1.807) is 12.1 Å². The lowest BCUT2D eigenvalue weighted by molar-refractivity contribution is -0.177. The van der Waals surface area contributed by atoms with Crippen LogP contribution in [0.5, 0.6) is 0 Å². The fourth-order valence-electron chi connectivity index (χ4n) is 1.18. The number of aromatic nitrogens is 2. The van der Waals surface area contributed by atoms with E-state index in [2.05, 4.69) is 14.9 Å². The Labute approximate surface area is 109 Å². The fourth-order valence-corrected chi connectivity index (χ4v) is 1.91. The second-order valence-electron chi connectivity index (χ2n) is 3.40. The predicted molar refractivity (Wildman–Crippen MR) is 58.0 cm³/mol. The van der Waals surface area contributed by atoms with E-state index >= 15 is 0 Å². The quantitative estimate of drug-likeness (QED) is 0.865. The molecule has 0 saturated heterocycles. The molecule has 2 heterocycles. The smallest absolute Gasteiger partial charge is 0.364 e. The molecule has 0 atom stereocenters. The number of nitrogens with zero attached hydrogens (tertiary/aromatic N) is 3. The average molecular weight is 289 g/mol. The molecule has 0 aliphatic heterocycles. The summed E-state index contributed by atoms with van der Waals surface area (Å²) in [5, 5.41) is 12.2. The first-order valence-corrected chi connectivity index (χ1v) is 5.77. The van der Waals surface area contributed by atoms with Crippen LogP contribution < -0.4 is 0 Å². The number of hydrogen-bond acceptors (Lipinski definition) is 6. The monoisotopic (exact) mass is 289 g/mol. The summed E-state index contributed by atoms with van der Waals surface area (Å²) in [6.45, 7) is -1.76. The summed E-state index contributed by atoms with van der Waals surface area (Å²) < 4.78 is 44.8. The van der Waals surface area contributed by atoms with Gasteiger partial charge in [-0.1, -0.05) is 5.16 Å². The first-order chi connectivity index (χ1) is 8.98. The van der Waals surface area contributed by atoms with Crippen LogP contribution in [0, 0.1) is 11.3 Å². The second-order valence-corrected chi connectivity index (χ2v) is 4.48. The first-order valence-electron chi connectivity index (χ1n) is 4.95. The molecule has 100 valence electrons. The lowest BCUT2D eigenvalue weighted by Gasteiger charge is -2.04. The van der Waals surface area contributed by atoms with E-state index in [-0.39, 0.29) is 18.3 Å². The number of halogens is 3. The molecule has 0 unspecified atom stereocenters. The number of hydrogen-bond donors (Lipinski definition) is 0. The van der Waals surface area contributed by atoms with E-state index in [0.717, 1.165) is 11.3 Å². The zero-order valence-electron chi connectivity index (χ0n) is 9.27. The Morgan fingerprint density at radius 2 is 2.21 bits per heavy atom. The van der Waals surface area contributed by atoms with Crippen LogP contribution >= 0.6 is 11.3 Å². The van der Waals surface area contributed by atoms with Gasteiger partial charge in [0.1, 0.15) is 24.2 Å². The molecule has 5 nitrogen and oxygen atoms in total. The van der Waals surface area contributed by atoms with Gasteiger partial charge in [-0.3, -0.25) is 0 Å². The molecule has 2 aromatic heterocycles. The van der Waals surface area contributed by atoms with Gasteiger partial charge in [0.2, 0.25) is 0 Å². The lowest BCUT2D eigenvalue weighted by Crippen LogP contribution is -2.16. The Kier molecular flexibility index (Phi) is 3.82. The highest BCUT2D eigenvalue weighted by Gasteiger charge is 2.27. The Hall–Kier alpha value is -1.92. The summed E-state index contributed by atoms with van der Waals surface area (Å²) in [6.07, 6.45) is -4.39. The lowest BCUT2D eigenvalue weighted by atomic mass is 10.4. The SMILES string of the molecule is N#Cc1ccc(-c2nc(COCC(F)(F)F)no2)s1. The molecule has 0 amide bonds. The van der Waals surface area contributed by atoms with Crippen LogP contribution in [0.3, 0.4) is 0 Å². The van der Waals surface area contributed by atoms with Crippen molar-refractivity contribution in [3.8, 4) is 16.8 Å². The van der Waals surface area contributed by atoms with Crippen molar-refractivity contribution >= 4 is 11.3 Å². The number of alkyl halides is 3. The topological polar surface area (TPSA) is 71.9 Å². The minimum atomic E-state index is -4.39. The van der Waals surface area contributed by atoms with Crippen molar-refractivity contribution in [3.05, 3.63) is 22.8 Å². The van der Waals surface area contributed by atoms with Crippen molar-refractivity contribution in [3.63, 3.8) is 0 Å². The van der Waals surface area contributed by atoms with E-state index in [1.165, 1.54) is 0 Å². The van der Waals surface area contributed by atoms with Crippen molar-refractivity contribution in [1.82, 2.24) is 10.1 Å². The Bertz CT molecular complexity index is 600. The van der Waals surface area contributed by atoms with Gasteiger partial charge in [-0.25, -0.2) is 0 Å². The van der Waals surface area contributed by atoms with Crippen LogP contribution in [-0.2, 0) is 11.3 Å². The number of nitriles is 1. The zero-order valence-corrected chi connectivity index (χ0v) is 10.1. The molecule has 0 aliphatic carbocycles. The van der Waals surface area contributed by atoms with E-state index in [9.17, 15) is 13.2 Å². The van der Waals surface area contributed by atoms with Gasteiger partial charge in [0.25, 0.3) is 5.89 Å². The van der Waals surface area contributed by atoms with Gasteiger partial charge in [-0.05, 0) is 12.1 Å². The van der Waals surface area contributed by atoms with Crippen molar-refractivity contribution in [2.45, 2.75) is 12.8 Å². The van der Waals surface area contributed by atoms with Gasteiger partial charge in [0.05, 0.1) is 4.88 Å². The van der Waals surface area contributed by atoms with Gasteiger partial charge in [0.15, 0.2) is 5.82 Å². The summed E-state index contributed by atoms with van der Waals surface area (Å²) in [4.78, 5) is 4.93. The standard InChI is InChI=1S/C10H6F3N3O2S/c11-10(12,13)5-17-4-8-15-9(18-16-8)7-2-1-6(3-14)19-7/h1-2H,4-5H2. The van der Waals surface area contributed by atoms with E-state index in [0.29, 0.717) is 9.75 Å². The molecule has 9 heteroatoms. The van der Waals surface area contributed by atoms with Crippen LogP contribution in [-0.4, -0.2) is 22.9 Å². The van der Waals surface area contributed by atoms with Crippen LogP contribution in [0.25, 0.3) is 10.8 Å². The summed E-state index contributed by atoms with van der Waals surface area (Å²) in [5.74, 6) is 0.170. The van der Waals surface area contributed by atoms with Crippen molar-refractivity contribution < 1.29 is 22.4 Å². The average Bonchev–Trinajstić information content (AvgIpc) is 2.94. The number of ether oxygens (including phenoxy) is 1. The molecule has 0 saturated carbocycles. The molecule has 2 aromatic rings. The van der Waals surface area contributed by atoms with Crippen molar-refractivity contribution in [2.24, 2.45) is 0 Å². The van der Waals surface area contributed by atoms with E-state index < -0.39 is 12.8 Å². The van der Waals surface area contributed by atoms with Crippen molar-refractivity contribution in [2.75, 3.05) is 6.61 Å². The normalized spacial score (nSPS) is 11.5. The highest BCUT2D eigenvalue weighted by Crippen LogP contribution is 2.26. The van der Waals surface area contributed by atoms with Gasteiger partial charge in [-0.2, -0.15) is 23.4 Å². The number of rotatable bonds is 4. The van der Waals surface area contributed by atoms with Crippen LogP contribution in [0.1, 0.15) is 10.7 Å². The summed E-state index contributed by atoms with van der Waals surface area (Å²) in [7, 11) is 0. The molecule has 0 radical (unpaired) electrons. The molecule has 19 heavy (non-hydrogen) atoms. The Balaban J connectivity index is 1.97. The highest BCUT2D eigenvalue weighted by atomic mass is 32.1.